The van der Waals surface area contributed by atoms with Crippen molar-refractivity contribution in [1.29, 1.82) is 0 Å². The fourth-order valence-corrected chi connectivity index (χ4v) is 3.44. The van der Waals surface area contributed by atoms with E-state index in [1.807, 2.05) is 25.1 Å². The van der Waals surface area contributed by atoms with Gasteiger partial charge in [0.2, 0.25) is 0 Å². The maximum Gasteiger partial charge on any atom is 0.306 e. The third kappa shape index (κ3) is 3.29. The molecule has 0 spiro atoms. The van der Waals surface area contributed by atoms with Gasteiger partial charge in [-0.25, -0.2) is 0 Å². The van der Waals surface area contributed by atoms with Gasteiger partial charge in [0.1, 0.15) is 5.60 Å². The summed E-state index contributed by atoms with van der Waals surface area (Å²) in [7, 11) is 0. The summed E-state index contributed by atoms with van der Waals surface area (Å²) in [5.41, 5.74) is 0.662. The quantitative estimate of drug-likeness (QED) is 0.750. The Morgan fingerprint density at radius 2 is 2.00 bits per heavy atom. The van der Waals surface area contributed by atoms with Crippen molar-refractivity contribution in [1.82, 2.24) is 4.90 Å². The number of nitrogens with zero attached hydrogens (tertiary/aromatic N) is 1. The summed E-state index contributed by atoms with van der Waals surface area (Å²) in [6.45, 7) is 9.35. The molecule has 3 nitrogen and oxygen atoms in total. The first-order chi connectivity index (χ1) is 10.2. The average molecular weight is 289 g/mol. The predicted molar refractivity (Wildman–Crippen MR) is 85.0 cm³/mol. The third-order valence-corrected chi connectivity index (χ3v) is 4.75. The molecule has 2 atom stereocenters. The number of carbonyl (C=O) groups excluding carboxylic acids is 1. The monoisotopic (exact) mass is 289 g/mol. The maximum atomic E-state index is 12.0. The summed E-state index contributed by atoms with van der Waals surface area (Å²) < 4.78 is 6.03. The Kier molecular flexibility index (Phi) is 5.40. The molecule has 1 aromatic carbocycles. The second-order valence-corrected chi connectivity index (χ2v) is 5.82. The van der Waals surface area contributed by atoms with E-state index in [1.54, 1.807) is 0 Å². The lowest BCUT2D eigenvalue weighted by atomic mass is 9.78. The van der Waals surface area contributed by atoms with Crippen LogP contribution in [-0.2, 0) is 15.1 Å². The molecule has 116 valence electrons. The number of hydrogen-bond donors (Lipinski definition) is 0. The van der Waals surface area contributed by atoms with Crippen molar-refractivity contribution in [2.24, 2.45) is 5.92 Å². The van der Waals surface area contributed by atoms with Gasteiger partial charge in [0.15, 0.2) is 0 Å². The topological polar surface area (TPSA) is 29.5 Å². The lowest BCUT2D eigenvalue weighted by Gasteiger charge is -2.38. The minimum absolute atomic E-state index is 0.101. The molecule has 1 aliphatic rings. The van der Waals surface area contributed by atoms with Crippen molar-refractivity contribution >= 4 is 5.97 Å². The van der Waals surface area contributed by atoms with E-state index >= 15 is 0 Å². The number of esters is 1. The van der Waals surface area contributed by atoms with E-state index in [9.17, 15) is 4.79 Å². The van der Waals surface area contributed by atoms with Crippen molar-refractivity contribution in [2.45, 2.75) is 45.6 Å². The first-order valence-corrected chi connectivity index (χ1v) is 8.16. The molecule has 0 saturated carbocycles. The molecular formula is C18H27NO2. The summed E-state index contributed by atoms with van der Waals surface area (Å²) in [6.07, 6.45) is 2.34. The molecule has 3 heteroatoms. The number of ether oxygens (including phenoxy) is 1. The van der Waals surface area contributed by atoms with Crippen LogP contribution in [0.4, 0.5) is 0 Å². The van der Waals surface area contributed by atoms with Crippen LogP contribution >= 0.6 is 0 Å². The van der Waals surface area contributed by atoms with Crippen molar-refractivity contribution in [3.8, 4) is 0 Å². The zero-order valence-corrected chi connectivity index (χ0v) is 13.5. The van der Waals surface area contributed by atoms with Crippen LogP contribution in [0.3, 0.4) is 0 Å². The van der Waals surface area contributed by atoms with Crippen LogP contribution in [0.2, 0.25) is 0 Å². The summed E-state index contributed by atoms with van der Waals surface area (Å²) in [5.74, 6) is 0.274. The van der Waals surface area contributed by atoms with Gasteiger partial charge in [-0.15, -0.1) is 0 Å². The minimum atomic E-state index is -0.474. The molecule has 1 aromatic rings. The number of likely N-dealkylation sites (tertiary alicyclic amines) is 1. The van der Waals surface area contributed by atoms with Gasteiger partial charge in [-0.3, -0.25) is 4.79 Å². The van der Waals surface area contributed by atoms with Gasteiger partial charge in [0.05, 0.1) is 0 Å². The molecule has 1 fully saturated rings. The predicted octanol–water partition coefficient (Wildman–Crippen LogP) is 3.59. The van der Waals surface area contributed by atoms with Crippen LogP contribution in [0.1, 0.15) is 45.6 Å². The van der Waals surface area contributed by atoms with Gasteiger partial charge in [-0.1, -0.05) is 51.1 Å². The second-order valence-electron chi connectivity index (χ2n) is 5.82. The minimum Gasteiger partial charge on any atom is -0.454 e. The Morgan fingerprint density at radius 1 is 1.29 bits per heavy atom. The largest absolute Gasteiger partial charge is 0.454 e. The molecule has 0 amide bonds. The fourth-order valence-electron chi connectivity index (χ4n) is 3.44. The summed E-state index contributed by atoms with van der Waals surface area (Å²) in [5, 5.41) is 0. The van der Waals surface area contributed by atoms with E-state index in [0.717, 1.165) is 38.0 Å². The van der Waals surface area contributed by atoms with Gasteiger partial charge in [0, 0.05) is 18.9 Å². The molecule has 0 bridgehead atoms. The zero-order valence-electron chi connectivity index (χ0n) is 13.5. The molecule has 0 unspecified atom stereocenters. The molecule has 0 aromatic heterocycles. The lowest BCUT2D eigenvalue weighted by molar-refractivity contribution is -0.168. The highest BCUT2D eigenvalue weighted by molar-refractivity contribution is 5.69. The standard InChI is InChI=1S/C18H27NO2/c1-4-17(20)21-18(5-2,15-10-8-7-9-11-15)16-12-13-19(6-3)14-16/h7-11,16H,4-6,12-14H2,1-3H3/t16-,18-/m1/s1. The van der Waals surface area contributed by atoms with Crippen LogP contribution in [0.15, 0.2) is 30.3 Å². The van der Waals surface area contributed by atoms with E-state index in [4.69, 9.17) is 4.74 Å². The third-order valence-electron chi connectivity index (χ3n) is 4.75. The zero-order chi connectivity index (χ0) is 15.3. The summed E-state index contributed by atoms with van der Waals surface area (Å²) in [4.78, 5) is 14.5. The Labute approximate surface area is 128 Å². The van der Waals surface area contributed by atoms with Crippen LogP contribution in [-0.4, -0.2) is 30.5 Å². The molecule has 1 saturated heterocycles. The van der Waals surface area contributed by atoms with Crippen molar-refractivity contribution in [2.75, 3.05) is 19.6 Å². The van der Waals surface area contributed by atoms with Gasteiger partial charge >= 0.3 is 5.97 Å². The number of hydrogen-bond acceptors (Lipinski definition) is 3. The average Bonchev–Trinajstić information content (AvgIpc) is 3.02. The lowest BCUT2D eigenvalue weighted by Crippen LogP contribution is -2.41. The first kappa shape index (κ1) is 16.0. The Morgan fingerprint density at radius 3 is 2.52 bits per heavy atom. The summed E-state index contributed by atoms with van der Waals surface area (Å²) >= 11 is 0. The van der Waals surface area contributed by atoms with Gasteiger partial charge in [-0.05, 0) is 31.5 Å². The number of rotatable bonds is 6. The Balaban J connectivity index is 2.35. The number of carbonyl (C=O) groups is 1. The van der Waals surface area contributed by atoms with E-state index < -0.39 is 5.60 Å². The van der Waals surface area contributed by atoms with E-state index in [0.29, 0.717) is 12.3 Å². The number of benzene rings is 1. The summed E-state index contributed by atoms with van der Waals surface area (Å²) in [6, 6.07) is 10.3. The second kappa shape index (κ2) is 7.08. The van der Waals surface area contributed by atoms with Crippen molar-refractivity contribution in [3.05, 3.63) is 35.9 Å². The van der Waals surface area contributed by atoms with Crippen LogP contribution in [0.25, 0.3) is 0 Å². The van der Waals surface area contributed by atoms with Crippen LogP contribution < -0.4 is 0 Å². The molecule has 0 N–H and O–H groups in total. The van der Waals surface area contributed by atoms with Crippen LogP contribution in [0, 0.1) is 5.92 Å². The molecule has 21 heavy (non-hydrogen) atoms. The van der Waals surface area contributed by atoms with Gasteiger partial charge in [-0.2, -0.15) is 0 Å². The maximum absolute atomic E-state index is 12.0. The van der Waals surface area contributed by atoms with Crippen molar-refractivity contribution in [3.63, 3.8) is 0 Å². The highest BCUT2D eigenvalue weighted by atomic mass is 16.6. The highest BCUT2D eigenvalue weighted by Gasteiger charge is 2.45. The SMILES string of the molecule is CCC(=O)O[C@](CC)(c1ccccc1)[C@@H]1CCN(CC)C1. The van der Waals surface area contributed by atoms with Gasteiger partial charge in [0.25, 0.3) is 0 Å². The fraction of sp³-hybridized carbons (Fsp3) is 0.611. The highest BCUT2D eigenvalue weighted by Crippen LogP contribution is 2.42. The van der Waals surface area contributed by atoms with Crippen LogP contribution in [0.5, 0.6) is 0 Å². The van der Waals surface area contributed by atoms with E-state index in [2.05, 4.69) is 30.9 Å². The molecule has 0 aliphatic carbocycles. The Hall–Kier alpha value is -1.35. The molecular weight excluding hydrogens is 262 g/mol. The van der Waals surface area contributed by atoms with E-state index in [1.165, 1.54) is 0 Å². The molecule has 2 rings (SSSR count). The van der Waals surface area contributed by atoms with E-state index in [-0.39, 0.29) is 5.97 Å². The normalized spacial score (nSPS) is 22.0. The van der Waals surface area contributed by atoms with Crippen molar-refractivity contribution < 1.29 is 9.53 Å². The molecule has 1 heterocycles. The Bertz CT molecular complexity index is 460. The molecule has 0 radical (unpaired) electrons. The molecule has 1 aliphatic heterocycles. The smallest absolute Gasteiger partial charge is 0.306 e. The van der Waals surface area contributed by atoms with Gasteiger partial charge < -0.3 is 9.64 Å². The first-order valence-electron chi connectivity index (χ1n) is 8.16.